The molecular formula is C68H48BN3. The van der Waals surface area contributed by atoms with Crippen molar-refractivity contribution < 1.29 is 0 Å². The van der Waals surface area contributed by atoms with Gasteiger partial charge in [-0.25, -0.2) is 0 Å². The fraction of sp³-hybridized carbons (Fsp3) is 0.118. The number of benzene rings is 12. The SMILES string of the molecule is CC(C)(C)c1ccc2c(c1)c1cc(C(C)(C)C)ccc1n2-c1cc2c3ccccc3c3c4c5c(c6c7ccccc7c(c1)c2c36)-n1c2ccccc2c2cccc(c21)B5c1cccc2c3ccccc3n-4c12. The van der Waals surface area contributed by atoms with E-state index in [4.69, 9.17) is 0 Å². The van der Waals surface area contributed by atoms with Gasteiger partial charge in [-0.3, -0.25) is 0 Å². The first kappa shape index (κ1) is 39.4. The molecule has 2 aliphatic rings. The molecule has 0 atom stereocenters. The number of rotatable bonds is 1. The highest BCUT2D eigenvalue weighted by molar-refractivity contribution is 7.01. The van der Waals surface area contributed by atoms with Crippen molar-refractivity contribution in [2.24, 2.45) is 0 Å². The van der Waals surface area contributed by atoms with Gasteiger partial charge in [0.05, 0.1) is 33.4 Å². The molecule has 0 fully saturated rings. The second-order valence-electron chi connectivity index (χ2n) is 23.2. The van der Waals surface area contributed by atoms with Crippen LogP contribution in [0.1, 0.15) is 52.7 Å². The second-order valence-corrected chi connectivity index (χ2v) is 23.2. The lowest BCUT2D eigenvalue weighted by molar-refractivity contribution is 0.590. The summed E-state index contributed by atoms with van der Waals surface area (Å²) in [7, 11) is 0. The molecule has 12 aromatic carbocycles. The van der Waals surface area contributed by atoms with E-state index in [9.17, 15) is 0 Å². The molecule has 0 saturated heterocycles. The van der Waals surface area contributed by atoms with Crippen LogP contribution in [0.3, 0.4) is 0 Å². The van der Waals surface area contributed by atoms with Crippen LogP contribution in [0, 0.1) is 0 Å². The van der Waals surface area contributed by atoms with Gasteiger partial charge in [-0.1, -0.05) is 175 Å². The van der Waals surface area contributed by atoms with Crippen LogP contribution in [0.25, 0.3) is 136 Å². The molecule has 0 radical (unpaired) electrons. The fourth-order valence-electron chi connectivity index (χ4n) is 14.3. The standard InChI is InChI=1S/C68H48BN3/c1-67(2,3)37-29-31-56-48(33-37)49-34-38(68(4,5)6)30-32-57(49)70(56)39-35-50-40-17-7-9-21-44(40)59-61-58(50)51(36-39)41-18-8-10-22-45(41)60(61)66-62-65(59)71-54-27-13-11-19-42(54)46-23-15-25-52(63(46)71)69(62)53-26-16-24-47-43-20-12-14-28-55(43)72(66)64(47)53/h7-36H,1-6H3. The van der Waals surface area contributed by atoms with Crippen molar-refractivity contribution in [2.75, 3.05) is 0 Å². The molecule has 0 unspecified atom stereocenters. The number of nitrogens with zero attached hydrogens (tertiary/aromatic N) is 3. The highest BCUT2D eigenvalue weighted by Gasteiger charge is 2.43. The Labute approximate surface area is 416 Å². The number of aromatic nitrogens is 3. The third-order valence-corrected chi connectivity index (χ3v) is 17.4. The minimum Gasteiger partial charge on any atom is -0.310 e. The molecule has 0 aliphatic carbocycles. The van der Waals surface area contributed by atoms with Crippen molar-refractivity contribution in [2.45, 2.75) is 52.4 Å². The van der Waals surface area contributed by atoms with Crippen molar-refractivity contribution in [3.8, 4) is 17.1 Å². The van der Waals surface area contributed by atoms with Gasteiger partial charge in [-0.2, -0.15) is 0 Å². The summed E-state index contributed by atoms with van der Waals surface area (Å²) in [5.74, 6) is 0. The molecule has 4 heteroatoms. The third-order valence-electron chi connectivity index (χ3n) is 17.4. The maximum atomic E-state index is 2.69. The van der Waals surface area contributed by atoms with Gasteiger partial charge in [0.15, 0.2) is 0 Å². The molecule has 72 heavy (non-hydrogen) atoms. The van der Waals surface area contributed by atoms with Gasteiger partial charge >= 0.3 is 0 Å². The highest BCUT2D eigenvalue weighted by atomic mass is 15.0. The minimum atomic E-state index is 0.0128. The van der Waals surface area contributed by atoms with Gasteiger partial charge in [-0.15, -0.1) is 0 Å². The van der Waals surface area contributed by atoms with E-state index in [1.807, 2.05) is 0 Å². The van der Waals surface area contributed by atoms with E-state index < -0.39 is 0 Å². The summed E-state index contributed by atoms with van der Waals surface area (Å²) in [5, 5.41) is 20.9. The van der Waals surface area contributed by atoms with E-state index in [0.717, 1.165) is 0 Å². The summed E-state index contributed by atoms with van der Waals surface area (Å²) in [6.07, 6.45) is 0. The summed E-state index contributed by atoms with van der Waals surface area (Å²) >= 11 is 0. The van der Waals surface area contributed by atoms with Crippen LogP contribution < -0.4 is 16.4 Å². The van der Waals surface area contributed by atoms with E-state index in [1.54, 1.807) is 0 Å². The second kappa shape index (κ2) is 12.9. The average Bonchev–Trinajstić information content (AvgIpc) is 4.05. The van der Waals surface area contributed by atoms with Gasteiger partial charge < -0.3 is 13.7 Å². The Kier molecular flexibility index (Phi) is 7.08. The maximum Gasteiger partial charge on any atom is 0.252 e. The lowest BCUT2D eigenvalue weighted by atomic mass is 9.34. The summed E-state index contributed by atoms with van der Waals surface area (Å²) < 4.78 is 7.94. The molecule has 338 valence electrons. The Morgan fingerprint density at radius 3 is 1.17 bits per heavy atom. The molecule has 15 aromatic rings. The number of hydrogen-bond acceptors (Lipinski definition) is 0. The molecule has 17 rings (SSSR count). The first-order valence-electron chi connectivity index (χ1n) is 25.8. The Morgan fingerprint density at radius 1 is 0.306 bits per heavy atom. The molecular weight excluding hydrogens is 870 g/mol. The molecule has 3 nitrogen and oxygen atoms in total. The molecule has 0 amide bonds. The van der Waals surface area contributed by atoms with E-state index in [2.05, 4.69) is 237 Å². The van der Waals surface area contributed by atoms with Crippen LogP contribution in [0.2, 0.25) is 0 Å². The topological polar surface area (TPSA) is 14.8 Å². The Bertz CT molecular complexity index is 4700. The lowest BCUT2D eigenvalue weighted by Crippen LogP contribution is -2.59. The number of para-hydroxylation sites is 4. The fourth-order valence-corrected chi connectivity index (χ4v) is 14.3. The lowest BCUT2D eigenvalue weighted by Gasteiger charge is -2.36. The highest BCUT2D eigenvalue weighted by Crippen LogP contribution is 2.53. The number of fused-ring (bicyclic) bond motifs is 21. The van der Waals surface area contributed by atoms with Crippen molar-refractivity contribution >= 4 is 142 Å². The number of hydrogen-bond donors (Lipinski definition) is 0. The summed E-state index contributed by atoms with van der Waals surface area (Å²) in [4.78, 5) is 0. The zero-order chi connectivity index (χ0) is 47.8. The Balaban J connectivity index is 1.13. The largest absolute Gasteiger partial charge is 0.310 e. The normalized spacial score (nSPS) is 13.7. The van der Waals surface area contributed by atoms with Crippen molar-refractivity contribution in [3.05, 3.63) is 193 Å². The summed E-state index contributed by atoms with van der Waals surface area (Å²) in [6.45, 7) is 14.0. The quantitative estimate of drug-likeness (QED) is 0.0885. The first-order valence-corrected chi connectivity index (χ1v) is 25.8. The molecule has 0 N–H and O–H groups in total. The Hall–Kier alpha value is -8.34. The van der Waals surface area contributed by atoms with E-state index in [0.29, 0.717) is 0 Å². The average molecular weight is 918 g/mol. The van der Waals surface area contributed by atoms with Crippen molar-refractivity contribution in [1.82, 2.24) is 13.7 Å². The van der Waals surface area contributed by atoms with E-state index in [-0.39, 0.29) is 17.5 Å². The van der Waals surface area contributed by atoms with Gasteiger partial charge in [0.1, 0.15) is 0 Å². The Morgan fingerprint density at radius 2 is 0.708 bits per heavy atom. The van der Waals surface area contributed by atoms with Crippen LogP contribution in [0.15, 0.2) is 182 Å². The zero-order valence-electron chi connectivity index (χ0n) is 41.2. The van der Waals surface area contributed by atoms with Gasteiger partial charge in [-0.05, 0) is 125 Å². The predicted molar refractivity (Wildman–Crippen MR) is 310 cm³/mol. The molecule has 0 bridgehead atoms. The van der Waals surface area contributed by atoms with Gasteiger partial charge in [0.25, 0.3) is 6.71 Å². The minimum absolute atomic E-state index is 0.0128. The molecule has 0 spiro atoms. The van der Waals surface area contributed by atoms with E-state index >= 15 is 0 Å². The van der Waals surface area contributed by atoms with Crippen molar-refractivity contribution in [1.29, 1.82) is 0 Å². The third kappa shape index (κ3) is 4.62. The molecule has 2 aliphatic heterocycles. The van der Waals surface area contributed by atoms with E-state index in [1.165, 1.54) is 164 Å². The van der Waals surface area contributed by atoms with Crippen LogP contribution >= 0.6 is 0 Å². The zero-order valence-corrected chi connectivity index (χ0v) is 41.2. The van der Waals surface area contributed by atoms with Crippen LogP contribution in [-0.4, -0.2) is 20.4 Å². The molecule has 0 saturated carbocycles. The summed E-state index contributed by atoms with van der Waals surface area (Å²) in [5.41, 5.74) is 18.3. The van der Waals surface area contributed by atoms with Gasteiger partial charge in [0, 0.05) is 65.2 Å². The van der Waals surface area contributed by atoms with Gasteiger partial charge in [0.2, 0.25) is 0 Å². The maximum absolute atomic E-state index is 2.69. The van der Waals surface area contributed by atoms with Crippen LogP contribution in [-0.2, 0) is 10.8 Å². The first-order chi connectivity index (χ1) is 35.0. The van der Waals surface area contributed by atoms with Crippen LogP contribution in [0.5, 0.6) is 0 Å². The van der Waals surface area contributed by atoms with Crippen LogP contribution in [0.4, 0.5) is 0 Å². The monoisotopic (exact) mass is 917 g/mol. The molecule has 3 aromatic heterocycles. The molecule has 5 heterocycles. The predicted octanol–water partition coefficient (Wildman–Crippen LogP) is 15.9. The van der Waals surface area contributed by atoms with Crippen molar-refractivity contribution in [3.63, 3.8) is 0 Å². The summed E-state index contributed by atoms with van der Waals surface area (Å²) in [6, 6.07) is 70.7. The smallest absolute Gasteiger partial charge is 0.252 e.